The Bertz CT molecular complexity index is 719. The molecule has 0 amide bonds. The van der Waals surface area contributed by atoms with E-state index in [0.717, 1.165) is 45.8 Å². The van der Waals surface area contributed by atoms with Gasteiger partial charge in [-0.2, -0.15) is 0 Å². The molecule has 0 spiro atoms. The van der Waals surface area contributed by atoms with Gasteiger partial charge in [0.15, 0.2) is 0 Å². The molecule has 2 aliphatic heterocycles. The third-order valence-corrected chi connectivity index (χ3v) is 5.42. The summed E-state index contributed by atoms with van der Waals surface area (Å²) < 4.78 is 0. The summed E-state index contributed by atoms with van der Waals surface area (Å²) in [5.41, 5.74) is 1.50. The molecule has 0 saturated heterocycles. The minimum absolute atomic E-state index is 0. The Morgan fingerprint density at radius 3 is 1.38 bits per heavy atom. The zero-order valence-electron chi connectivity index (χ0n) is 13.8. The van der Waals surface area contributed by atoms with Crippen LogP contribution in [-0.4, -0.2) is 34.7 Å². The molecule has 4 rings (SSSR count). The van der Waals surface area contributed by atoms with E-state index in [2.05, 4.69) is 9.98 Å². The zero-order valence-corrected chi connectivity index (χ0v) is 16.9. The van der Waals surface area contributed by atoms with E-state index in [1.807, 2.05) is 24.3 Å². The van der Waals surface area contributed by atoms with Gasteiger partial charge in [0, 0.05) is 24.6 Å². The molecule has 133 valence electrons. The van der Waals surface area contributed by atoms with Crippen LogP contribution in [-0.2, 0) is 24.0 Å². The van der Waals surface area contributed by atoms with Crippen molar-refractivity contribution in [3.63, 3.8) is 0 Å². The van der Waals surface area contributed by atoms with Gasteiger partial charge in [-0.1, -0.05) is 60.0 Å². The van der Waals surface area contributed by atoms with E-state index < -0.39 is 0 Å². The van der Waals surface area contributed by atoms with Crippen molar-refractivity contribution < 1.29 is 34.2 Å². The maximum atomic E-state index is 11.3. The van der Waals surface area contributed by atoms with Gasteiger partial charge in [-0.3, -0.25) is 9.98 Å². The Kier molecular flexibility index (Phi) is 9.90. The smallest absolute Gasteiger partial charge is 2.00 e. The van der Waals surface area contributed by atoms with Gasteiger partial charge in [0.2, 0.25) is 0 Å². The summed E-state index contributed by atoms with van der Waals surface area (Å²) in [5.74, 6) is 2.16. The first-order chi connectivity index (χ1) is 11.8. The minimum Gasteiger partial charge on any atom is -2.00 e. The normalized spacial score (nSPS) is 14.9. The van der Waals surface area contributed by atoms with E-state index >= 15 is 0 Å². The topological polar surface area (TPSA) is 99.3 Å². The van der Waals surface area contributed by atoms with Crippen LogP contribution in [0.15, 0.2) is 58.5 Å². The summed E-state index contributed by atoms with van der Waals surface area (Å²) >= 11 is 3.32. The van der Waals surface area contributed by atoms with E-state index in [1.54, 1.807) is 47.8 Å². The molecule has 26 heavy (non-hydrogen) atoms. The molecular weight excluding hydrogens is 407 g/mol. The molecule has 1 radical (unpaired) electrons. The van der Waals surface area contributed by atoms with Crippen molar-refractivity contribution in [3.05, 3.63) is 59.7 Å². The number of thioether (sulfide) groups is 2. The van der Waals surface area contributed by atoms with Crippen molar-refractivity contribution in [3.8, 4) is 11.5 Å². The van der Waals surface area contributed by atoms with Crippen molar-refractivity contribution in [1.82, 2.24) is 0 Å². The van der Waals surface area contributed by atoms with Gasteiger partial charge in [0.05, 0.1) is 10.1 Å². The Balaban J connectivity index is 0.000000241. The average molecular weight is 423 g/mol. The summed E-state index contributed by atoms with van der Waals surface area (Å²) in [6.07, 6.45) is 0. The number of benzene rings is 2. The van der Waals surface area contributed by atoms with E-state index in [-0.39, 0.29) is 35.5 Å². The fourth-order valence-electron chi connectivity index (χ4n) is 2.28. The monoisotopic (exact) mass is 423 g/mol. The second kappa shape index (κ2) is 11.4. The number of rotatable bonds is 2. The van der Waals surface area contributed by atoms with Crippen LogP contribution in [0.5, 0.6) is 11.5 Å². The second-order valence-electron chi connectivity index (χ2n) is 5.06. The largest absolute Gasteiger partial charge is 4.00 e. The molecule has 5 nitrogen and oxygen atoms in total. The molecule has 0 saturated carbocycles. The standard InChI is InChI=1S/2C9H9NOS.O.V/c2*11-8-4-2-1-3-7(8)9-10-5-6-12-9;;/h2*1-4,11H,5-6H2;;/q;;-2;+4/p-2. The third-order valence-electron chi connectivity index (χ3n) is 3.41. The summed E-state index contributed by atoms with van der Waals surface area (Å²) in [4.78, 5) is 8.49. The van der Waals surface area contributed by atoms with Gasteiger partial charge in [-0.25, -0.2) is 0 Å². The van der Waals surface area contributed by atoms with Crippen molar-refractivity contribution in [1.29, 1.82) is 0 Å². The predicted molar refractivity (Wildman–Crippen MR) is 100 cm³/mol. The molecule has 2 aromatic carbocycles. The van der Waals surface area contributed by atoms with Gasteiger partial charge < -0.3 is 15.7 Å². The first-order valence-electron chi connectivity index (χ1n) is 7.63. The Morgan fingerprint density at radius 1 is 0.692 bits per heavy atom. The molecule has 0 N–H and O–H groups in total. The van der Waals surface area contributed by atoms with Gasteiger partial charge >= 0.3 is 18.6 Å². The summed E-state index contributed by atoms with van der Waals surface area (Å²) in [6, 6.07) is 14.1. The minimum atomic E-state index is 0. The van der Waals surface area contributed by atoms with Gasteiger partial charge in [-0.15, -0.1) is 23.5 Å². The fourth-order valence-corrected chi connectivity index (χ4v) is 4.05. The van der Waals surface area contributed by atoms with Crippen LogP contribution < -0.4 is 10.2 Å². The van der Waals surface area contributed by atoms with Crippen molar-refractivity contribution >= 4 is 33.6 Å². The van der Waals surface area contributed by atoms with Gasteiger partial charge in [0.1, 0.15) is 0 Å². The van der Waals surface area contributed by atoms with E-state index in [0.29, 0.717) is 0 Å². The molecule has 0 unspecified atom stereocenters. The molecule has 0 fully saturated rings. The van der Waals surface area contributed by atoms with Crippen LogP contribution in [0.25, 0.3) is 0 Å². The van der Waals surface area contributed by atoms with Crippen molar-refractivity contribution in [2.24, 2.45) is 9.98 Å². The van der Waals surface area contributed by atoms with Crippen LogP contribution in [0.1, 0.15) is 11.1 Å². The fraction of sp³-hybridized carbons (Fsp3) is 0.222. The van der Waals surface area contributed by atoms with E-state index in [9.17, 15) is 10.2 Å². The molecule has 0 bridgehead atoms. The van der Waals surface area contributed by atoms with Crippen LogP contribution in [0.4, 0.5) is 0 Å². The Hall–Kier alpha value is -1.38. The first-order valence-corrected chi connectivity index (χ1v) is 9.60. The second-order valence-corrected chi connectivity index (χ2v) is 7.23. The molecule has 0 aromatic heterocycles. The van der Waals surface area contributed by atoms with Crippen molar-refractivity contribution in [2.45, 2.75) is 0 Å². The van der Waals surface area contributed by atoms with Gasteiger partial charge in [-0.05, 0) is 11.1 Å². The number of aliphatic imine (C=N–C) groups is 2. The molecule has 0 aliphatic carbocycles. The average Bonchev–Trinajstić information content (AvgIpc) is 3.30. The summed E-state index contributed by atoms with van der Waals surface area (Å²) in [5, 5.41) is 24.4. The van der Waals surface area contributed by atoms with Crippen LogP contribution in [0.2, 0.25) is 0 Å². The zero-order chi connectivity index (χ0) is 16.8. The third kappa shape index (κ3) is 5.82. The summed E-state index contributed by atoms with van der Waals surface area (Å²) in [7, 11) is 0. The SMILES string of the molecule is [O-2].[O-]c1ccccc1C1=NCCS1.[O-]c1ccccc1C1=NCCS1.[V+4]. The quantitative estimate of drug-likeness (QED) is 0.740. The van der Waals surface area contributed by atoms with Crippen LogP contribution >= 0.6 is 23.5 Å². The van der Waals surface area contributed by atoms with Gasteiger partial charge in [0.25, 0.3) is 0 Å². The number of hydrogen-bond donors (Lipinski definition) is 0. The molecule has 8 heteroatoms. The first kappa shape index (κ1) is 22.7. The van der Waals surface area contributed by atoms with E-state index in [4.69, 9.17) is 0 Å². The molecule has 2 aromatic rings. The molecule has 2 heterocycles. The number of hydrogen-bond acceptors (Lipinski definition) is 6. The van der Waals surface area contributed by atoms with Crippen LogP contribution in [0.3, 0.4) is 0 Å². The van der Waals surface area contributed by atoms with Crippen LogP contribution in [0, 0.1) is 0 Å². The predicted octanol–water partition coefficient (Wildman–Crippen LogP) is 2.39. The molecule has 2 aliphatic rings. The van der Waals surface area contributed by atoms with E-state index in [1.165, 1.54) is 0 Å². The number of para-hydroxylation sites is 2. The Morgan fingerprint density at radius 2 is 1.08 bits per heavy atom. The maximum absolute atomic E-state index is 11.3. The summed E-state index contributed by atoms with van der Waals surface area (Å²) in [6.45, 7) is 1.68. The maximum Gasteiger partial charge on any atom is 4.00 e. The molecular formula is C18H16N2O3S2V. The molecule has 0 atom stereocenters. The number of nitrogens with zero attached hydrogens (tertiary/aromatic N) is 2. The Labute approximate surface area is 173 Å². The van der Waals surface area contributed by atoms with Crippen molar-refractivity contribution in [2.75, 3.05) is 24.6 Å².